The number of hydrogen-bond donors (Lipinski definition) is 0. The molecule has 0 aliphatic heterocycles. The smallest absolute Gasteiger partial charge is 0.195 e. The van der Waals surface area contributed by atoms with Crippen LogP contribution >= 0.6 is 11.6 Å². The van der Waals surface area contributed by atoms with Crippen molar-refractivity contribution in [1.82, 2.24) is 4.98 Å². The summed E-state index contributed by atoms with van der Waals surface area (Å²) in [7, 11) is 1.60. The average Bonchev–Trinajstić information content (AvgIpc) is 2.66. The molecule has 3 nitrogen and oxygen atoms in total. The number of para-hydroxylation sites is 1. The second kappa shape index (κ2) is 6.19. The van der Waals surface area contributed by atoms with Gasteiger partial charge in [-0.15, -0.1) is 0 Å². The highest BCUT2D eigenvalue weighted by Crippen LogP contribution is 2.28. The summed E-state index contributed by atoms with van der Waals surface area (Å²) in [5, 5.41) is 2.42. The van der Waals surface area contributed by atoms with Crippen LogP contribution < -0.4 is 4.74 Å². The van der Waals surface area contributed by atoms with Crippen LogP contribution in [0.5, 0.6) is 5.75 Å². The van der Waals surface area contributed by atoms with E-state index < -0.39 is 0 Å². The van der Waals surface area contributed by atoms with E-state index in [1.54, 1.807) is 37.4 Å². The number of hydrogen-bond acceptors (Lipinski definition) is 3. The zero-order valence-electron chi connectivity index (χ0n) is 13.5. The molecular formula is C21H14ClNO2. The summed E-state index contributed by atoms with van der Waals surface area (Å²) in [4.78, 5) is 17.6. The molecule has 0 spiro atoms. The van der Waals surface area contributed by atoms with Crippen LogP contribution in [0.4, 0.5) is 0 Å². The lowest BCUT2D eigenvalue weighted by Gasteiger charge is -2.08. The molecular weight excluding hydrogens is 334 g/mol. The van der Waals surface area contributed by atoms with Crippen LogP contribution in [0, 0.1) is 0 Å². The van der Waals surface area contributed by atoms with Gasteiger partial charge in [-0.1, -0.05) is 29.8 Å². The van der Waals surface area contributed by atoms with E-state index in [2.05, 4.69) is 4.98 Å². The average molecular weight is 348 g/mol. The van der Waals surface area contributed by atoms with E-state index in [1.165, 1.54) is 0 Å². The number of ether oxygens (including phenoxy) is 1. The predicted molar refractivity (Wildman–Crippen MR) is 101 cm³/mol. The van der Waals surface area contributed by atoms with Crippen molar-refractivity contribution >= 4 is 39.2 Å². The lowest BCUT2D eigenvalue weighted by atomic mass is 9.99. The number of nitrogens with zero attached hydrogens (tertiary/aromatic N) is 1. The molecule has 0 aliphatic rings. The maximum Gasteiger partial charge on any atom is 0.195 e. The maximum absolute atomic E-state index is 13.0. The molecule has 0 amide bonds. The fraction of sp³-hybridized carbons (Fsp3) is 0.0476. The molecule has 0 N–H and O–H groups in total. The topological polar surface area (TPSA) is 39.2 Å². The standard InChI is InChI=1S/C21H14ClNO2/c1-25-15-10-8-13(9-11-15)21(24)16-5-2-4-14-12-17-18(22)6-3-7-19(17)23-20(14)16/h2-12H,1H3. The third-order valence-electron chi connectivity index (χ3n) is 4.23. The van der Waals surface area contributed by atoms with Gasteiger partial charge in [-0.05, 0) is 48.5 Å². The van der Waals surface area contributed by atoms with Crippen molar-refractivity contribution < 1.29 is 9.53 Å². The van der Waals surface area contributed by atoms with Crippen LogP contribution in [0.15, 0.2) is 66.7 Å². The second-order valence-corrected chi connectivity index (χ2v) is 6.14. The first kappa shape index (κ1) is 15.6. The highest BCUT2D eigenvalue weighted by molar-refractivity contribution is 6.35. The monoisotopic (exact) mass is 347 g/mol. The van der Waals surface area contributed by atoms with Gasteiger partial charge in [0.2, 0.25) is 0 Å². The quantitative estimate of drug-likeness (QED) is 0.374. The number of ketones is 1. The fourth-order valence-electron chi connectivity index (χ4n) is 2.93. The van der Waals surface area contributed by atoms with Crippen molar-refractivity contribution in [1.29, 1.82) is 0 Å². The van der Waals surface area contributed by atoms with E-state index in [-0.39, 0.29) is 5.78 Å². The normalized spacial score (nSPS) is 11.0. The van der Waals surface area contributed by atoms with Gasteiger partial charge in [0.25, 0.3) is 0 Å². The van der Waals surface area contributed by atoms with Crippen LogP contribution in [0.1, 0.15) is 15.9 Å². The fourth-order valence-corrected chi connectivity index (χ4v) is 3.15. The molecule has 0 radical (unpaired) electrons. The van der Waals surface area contributed by atoms with Gasteiger partial charge in [0.15, 0.2) is 5.78 Å². The molecule has 25 heavy (non-hydrogen) atoms. The van der Waals surface area contributed by atoms with Gasteiger partial charge in [0, 0.05) is 26.9 Å². The molecule has 0 saturated carbocycles. The summed E-state index contributed by atoms with van der Waals surface area (Å²) in [5.41, 5.74) is 2.62. The lowest BCUT2D eigenvalue weighted by molar-refractivity contribution is 0.104. The largest absolute Gasteiger partial charge is 0.497 e. The van der Waals surface area contributed by atoms with Gasteiger partial charge in [-0.3, -0.25) is 4.79 Å². The summed E-state index contributed by atoms with van der Waals surface area (Å²) in [5.74, 6) is 0.648. The van der Waals surface area contributed by atoms with Crippen LogP contribution in [-0.2, 0) is 0 Å². The molecule has 0 atom stereocenters. The number of rotatable bonds is 3. The molecule has 122 valence electrons. The van der Waals surface area contributed by atoms with Crippen molar-refractivity contribution in [3.05, 3.63) is 82.9 Å². The third kappa shape index (κ3) is 2.73. The summed E-state index contributed by atoms with van der Waals surface area (Å²) in [6.07, 6.45) is 0. The van der Waals surface area contributed by atoms with Gasteiger partial charge < -0.3 is 4.74 Å². The van der Waals surface area contributed by atoms with E-state index in [4.69, 9.17) is 16.3 Å². The Morgan fingerprint density at radius 2 is 1.76 bits per heavy atom. The van der Waals surface area contributed by atoms with Crippen molar-refractivity contribution in [3.8, 4) is 5.75 Å². The molecule has 0 bridgehead atoms. The molecule has 1 aromatic heterocycles. The number of methoxy groups -OCH3 is 1. The van der Waals surface area contributed by atoms with Gasteiger partial charge in [-0.2, -0.15) is 0 Å². The molecule has 0 saturated heterocycles. The Bertz CT molecular complexity index is 1100. The summed E-state index contributed by atoms with van der Waals surface area (Å²) >= 11 is 6.27. The first-order chi connectivity index (χ1) is 12.2. The molecule has 0 unspecified atom stereocenters. The Balaban J connectivity index is 1.90. The number of aromatic nitrogens is 1. The van der Waals surface area contributed by atoms with Gasteiger partial charge >= 0.3 is 0 Å². The van der Waals surface area contributed by atoms with Crippen molar-refractivity contribution in [2.75, 3.05) is 7.11 Å². The summed E-state index contributed by atoms with van der Waals surface area (Å²) in [6.45, 7) is 0. The highest BCUT2D eigenvalue weighted by Gasteiger charge is 2.14. The van der Waals surface area contributed by atoms with Crippen LogP contribution in [0.25, 0.3) is 21.8 Å². The number of carbonyl (C=O) groups excluding carboxylic acids is 1. The van der Waals surface area contributed by atoms with E-state index in [0.717, 1.165) is 16.3 Å². The minimum Gasteiger partial charge on any atom is -0.497 e. The Morgan fingerprint density at radius 3 is 2.52 bits per heavy atom. The summed E-state index contributed by atoms with van der Waals surface area (Å²) in [6, 6.07) is 20.3. The first-order valence-corrected chi connectivity index (χ1v) is 8.22. The molecule has 3 aromatic carbocycles. The van der Waals surface area contributed by atoms with Crippen molar-refractivity contribution in [3.63, 3.8) is 0 Å². The van der Waals surface area contributed by atoms with Gasteiger partial charge in [0.1, 0.15) is 5.75 Å². The second-order valence-electron chi connectivity index (χ2n) is 5.73. The van der Waals surface area contributed by atoms with Crippen LogP contribution in [0.2, 0.25) is 5.02 Å². The SMILES string of the molecule is COc1ccc(C(=O)c2cccc3cc4c(Cl)cccc4nc23)cc1. The highest BCUT2D eigenvalue weighted by atomic mass is 35.5. The maximum atomic E-state index is 13.0. The molecule has 1 heterocycles. The van der Waals surface area contributed by atoms with Crippen LogP contribution in [-0.4, -0.2) is 17.9 Å². The van der Waals surface area contributed by atoms with E-state index in [1.807, 2.05) is 36.4 Å². The first-order valence-electron chi connectivity index (χ1n) is 7.84. The van der Waals surface area contributed by atoms with Crippen LogP contribution in [0.3, 0.4) is 0 Å². The summed E-state index contributed by atoms with van der Waals surface area (Å²) < 4.78 is 5.15. The number of carbonyl (C=O) groups is 1. The van der Waals surface area contributed by atoms with E-state index in [9.17, 15) is 4.79 Å². The lowest BCUT2D eigenvalue weighted by Crippen LogP contribution is -2.03. The Morgan fingerprint density at radius 1 is 1.00 bits per heavy atom. The Hall–Kier alpha value is -2.91. The zero-order valence-corrected chi connectivity index (χ0v) is 14.2. The Kier molecular flexibility index (Phi) is 3.86. The van der Waals surface area contributed by atoms with Crippen molar-refractivity contribution in [2.45, 2.75) is 0 Å². The van der Waals surface area contributed by atoms with E-state index in [0.29, 0.717) is 27.4 Å². The number of benzene rings is 3. The zero-order chi connectivity index (χ0) is 17.4. The predicted octanol–water partition coefficient (Wildman–Crippen LogP) is 5.28. The van der Waals surface area contributed by atoms with Crippen molar-refractivity contribution in [2.24, 2.45) is 0 Å². The van der Waals surface area contributed by atoms with E-state index >= 15 is 0 Å². The minimum atomic E-state index is -0.0675. The molecule has 4 rings (SSSR count). The molecule has 4 heteroatoms. The van der Waals surface area contributed by atoms with Gasteiger partial charge in [-0.25, -0.2) is 4.98 Å². The minimum absolute atomic E-state index is 0.0675. The third-order valence-corrected chi connectivity index (χ3v) is 4.56. The molecule has 4 aromatic rings. The number of halogens is 1. The number of fused-ring (bicyclic) bond motifs is 2. The molecule has 0 fully saturated rings. The number of pyridine rings is 1. The van der Waals surface area contributed by atoms with Gasteiger partial charge in [0.05, 0.1) is 18.1 Å². The Labute approximate surface area is 149 Å². The molecule has 0 aliphatic carbocycles.